The van der Waals surface area contributed by atoms with E-state index in [4.69, 9.17) is 16.3 Å². The Balaban J connectivity index is 1.35. The van der Waals surface area contributed by atoms with Crippen LogP contribution in [0, 0.1) is 12.3 Å². The molecule has 0 spiro atoms. The lowest BCUT2D eigenvalue weighted by molar-refractivity contribution is -0.123. The summed E-state index contributed by atoms with van der Waals surface area (Å²) in [5.41, 5.74) is 5.30. The van der Waals surface area contributed by atoms with Crippen LogP contribution in [0.2, 0.25) is 0 Å². The van der Waals surface area contributed by atoms with Crippen LogP contribution in [-0.2, 0) is 16.1 Å². The van der Waals surface area contributed by atoms with E-state index >= 15 is 0 Å². The van der Waals surface area contributed by atoms with E-state index in [0.29, 0.717) is 5.56 Å². The minimum atomic E-state index is -1.03. The molecule has 1 atom stereocenters. The summed E-state index contributed by atoms with van der Waals surface area (Å²) in [6.45, 7) is 0.284. The van der Waals surface area contributed by atoms with Gasteiger partial charge in [0.25, 0.3) is 0 Å². The Morgan fingerprint density at radius 2 is 1.54 bits per heavy atom. The normalized spacial score (nSPS) is 12.5. The van der Waals surface area contributed by atoms with Crippen LogP contribution in [0.25, 0.3) is 11.1 Å². The standard InChI is InChI=1S/C28H24N2O5/c1-2-7-25(26(31)29-16-18-12-14-19(15-13-18)27(32)33)30-28(34)35-17-24-22-10-5-3-8-20(22)21-9-4-6-11-23(21)24/h1,3-6,8-15,24-25H,7,16-17H2,(H,29,31)(H,30,34)(H,32,33). The highest BCUT2D eigenvalue weighted by Gasteiger charge is 2.29. The average molecular weight is 469 g/mol. The summed E-state index contributed by atoms with van der Waals surface area (Å²) in [4.78, 5) is 36.1. The minimum Gasteiger partial charge on any atom is -0.478 e. The lowest BCUT2D eigenvalue weighted by atomic mass is 9.98. The largest absolute Gasteiger partial charge is 0.478 e. The number of carboxylic acid groups (broad SMARTS) is 1. The second kappa shape index (κ2) is 10.6. The summed E-state index contributed by atoms with van der Waals surface area (Å²) in [7, 11) is 0. The zero-order valence-corrected chi connectivity index (χ0v) is 18.9. The molecule has 0 heterocycles. The van der Waals surface area contributed by atoms with E-state index in [9.17, 15) is 14.4 Å². The maximum Gasteiger partial charge on any atom is 0.407 e. The summed E-state index contributed by atoms with van der Waals surface area (Å²) in [6, 6.07) is 21.2. The summed E-state index contributed by atoms with van der Waals surface area (Å²) >= 11 is 0. The Hall–Kier alpha value is -4.57. The van der Waals surface area contributed by atoms with Gasteiger partial charge in [0.2, 0.25) is 5.91 Å². The molecule has 1 unspecified atom stereocenters. The molecule has 35 heavy (non-hydrogen) atoms. The number of terminal acetylenes is 1. The maximum absolute atomic E-state index is 12.6. The minimum absolute atomic E-state index is 0.00597. The molecule has 4 rings (SSSR count). The van der Waals surface area contributed by atoms with Gasteiger partial charge >= 0.3 is 12.1 Å². The molecule has 0 saturated heterocycles. The number of hydrogen-bond donors (Lipinski definition) is 3. The SMILES string of the molecule is C#CCC(NC(=O)OCC1c2ccccc2-c2ccccc21)C(=O)NCc1ccc(C(=O)O)cc1. The van der Waals surface area contributed by atoms with Gasteiger partial charge in [-0.1, -0.05) is 60.7 Å². The van der Waals surface area contributed by atoms with Crippen LogP contribution in [0.3, 0.4) is 0 Å². The summed E-state index contributed by atoms with van der Waals surface area (Å²) in [6.07, 6.45) is 4.66. The number of carboxylic acids is 1. The summed E-state index contributed by atoms with van der Waals surface area (Å²) < 4.78 is 5.51. The van der Waals surface area contributed by atoms with Gasteiger partial charge in [0.05, 0.1) is 5.56 Å². The van der Waals surface area contributed by atoms with Gasteiger partial charge in [-0.2, -0.15) is 0 Å². The van der Waals surface area contributed by atoms with Crippen molar-refractivity contribution in [3.8, 4) is 23.5 Å². The molecule has 2 amide bonds. The Bertz CT molecular complexity index is 1250. The molecule has 3 aromatic rings. The van der Waals surface area contributed by atoms with Crippen LogP contribution < -0.4 is 10.6 Å². The lowest BCUT2D eigenvalue weighted by Crippen LogP contribution is -2.46. The van der Waals surface area contributed by atoms with E-state index in [1.165, 1.54) is 12.1 Å². The van der Waals surface area contributed by atoms with Crippen LogP contribution >= 0.6 is 0 Å². The highest BCUT2D eigenvalue weighted by atomic mass is 16.5. The number of hydrogen-bond acceptors (Lipinski definition) is 4. The molecule has 0 bridgehead atoms. The summed E-state index contributed by atoms with van der Waals surface area (Å²) in [5, 5.41) is 14.2. The zero-order chi connectivity index (χ0) is 24.8. The molecule has 3 aromatic carbocycles. The molecule has 0 radical (unpaired) electrons. The maximum atomic E-state index is 12.6. The third kappa shape index (κ3) is 5.33. The second-order valence-electron chi connectivity index (χ2n) is 8.15. The van der Waals surface area contributed by atoms with Crippen molar-refractivity contribution in [1.82, 2.24) is 10.6 Å². The van der Waals surface area contributed by atoms with Crippen molar-refractivity contribution >= 4 is 18.0 Å². The highest BCUT2D eigenvalue weighted by molar-refractivity contribution is 5.88. The number of nitrogens with one attached hydrogen (secondary N) is 2. The fourth-order valence-corrected chi connectivity index (χ4v) is 4.19. The number of rotatable bonds is 8. The fraction of sp³-hybridized carbons (Fsp3) is 0.179. The first-order chi connectivity index (χ1) is 17.0. The Labute approximate surface area is 203 Å². The first-order valence-electron chi connectivity index (χ1n) is 11.1. The molecule has 7 nitrogen and oxygen atoms in total. The van der Waals surface area contributed by atoms with Crippen molar-refractivity contribution in [3.05, 3.63) is 95.1 Å². The number of ether oxygens (including phenoxy) is 1. The molecule has 0 saturated carbocycles. The molecule has 1 aliphatic carbocycles. The molecule has 0 aromatic heterocycles. The second-order valence-corrected chi connectivity index (χ2v) is 8.15. The van der Waals surface area contributed by atoms with Crippen molar-refractivity contribution in [1.29, 1.82) is 0 Å². The van der Waals surface area contributed by atoms with Gasteiger partial charge in [-0.25, -0.2) is 9.59 Å². The average Bonchev–Trinajstić information content (AvgIpc) is 3.19. The van der Waals surface area contributed by atoms with Gasteiger partial charge in [0.1, 0.15) is 12.6 Å². The van der Waals surface area contributed by atoms with Crippen molar-refractivity contribution in [2.45, 2.75) is 24.9 Å². The topological polar surface area (TPSA) is 105 Å². The monoisotopic (exact) mass is 468 g/mol. The number of aromatic carboxylic acids is 1. The highest BCUT2D eigenvalue weighted by Crippen LogP contribution is 2.44. The fourth-order valence-electron chi connectivity index (χ4n) is 4.19. The van der Waals surface area contributed by atoms with Crippen molar-refractivity contribution in [3.63, 3.8) is 0 Å². The van der Waals surface area contributed by atoms with Crippen molar-refractivity contribution in [2.24, 2.45) is 0 Å². The Morgan fingerprint density at radius 3 is 2.11 bits per heavy atom. The van der Waals surface area contributed by atoms with Crippen LogP contribution in [0.5, 0.6) is 0 Å². The molecule has 176 valence electrons. The van der Waals surface area contributed by atoms with E-state index in [1.54, 1.807) is 12.1 Å². The quantitative estimate of drug-likeness (QED) is 0.435. The molecule has 1 aliphatic rings. The van der Waals surface area contributed by atoms with Gasteiger partial charge in [-0.05, 0) is 39.9 Å². The molecule has 7 heteroatoms. The third-order valence-electron chi connectivity index (χ3n) is 5.94. The van der Waals surface area contributed by atoms with Crippen molar-refractivity contribution < 1.29 is 24.2 Å². The number of benzene rings is 3. The molecule has 3 N–H and O–H groups in total. The van der Waals surface area contributed by atoms with Gasteiger partial charge < -0.3 is 20.5 Å². The molecular formula is C28H24N2O5. The number of carbonyl (C=O) groups excluding carboxylic acids is 2. The van der Waals surface area contributed by atoms with Gasteiger partial charge in [0.15, 0.2) is 0 Å². The first kappa shape index (κ1) is 23.6. The van der Waals surface area contributed by atoms with E-state index in [-0.39, 0.29) is 31.1 Å². The number of amides is 2. The van der Waals surface area contributed by atoms with Gasteiger partial charge in [-0.15, -0.1) is 12.3 Å². The predicted octanol–water partition coefficient (Wildman–Crippen LogP) is 3.93. The third-order valence-corrected chi connectivity index (χ3v) is 5.94. The van der Waals surface area contributed by atoms with Crippen molar-refractivity contribution in [2.75, 3.05) is 6.61 Å². The Morgan fingerprint density at radius 1 is 0.943 bits per heavy atom. The van der Waals surface area contributed by atoms with Crippen LogP contribution in [0.15, 0.2) is 72.8 Å². The molecule has 0 fully saturated rings. The van der Waals surface area contributed by atoms with Crippen LogP contribution in [0.4, 0.5) is 4.79 Å². The van der Waals surface area contributed by atoms with E-state index < -0.39 is 24.0 Å². The predicted molar refractivity (Wildman–Crippen MR) is 131 cm³/mol. The number of fused-ring (bicyclic) bond motifs is 3. The van der Waals surface area contributed by atoms with E-state index in [1.807, 2.05) is 36.4 Å². The zero-order valence-electron chi connectivity index (χ0n) is 18.9. The lowest BCUT2D eigenvalue weighted by Gasteiger charge is -2.18. The van der Waals surface area contributed by atoms with E-state index in [0.717, 1.165) is 22.3 Å². The van der Waals surface area contributed by atoms with Crippen LogP contribution in [0.1, 0.15) is 39.4 Å². The van der Waals surface area contributed by atoms with Gasteiger partial charge in [-0.3, -0.25) is 4.79 Å². The first-order valence-corrected chi connectivity index (χ1v) is 11.1. The molecular weight excluding hydrogens is 444 g/mol. The van der Waals surface area contributed by atoms with E-state index in [2.05, 4.69) is 28.7 Å². The van der Waals surface area contributed by atoms with Gasteiger partial charge in [0, 0.05) is 18.9 Å². The summed E-state index contributed by atoms with van der Waals surface area (Å²) in [5.74, 6) is 0.818. The number of carbonyl (C=O) groups is 3. The smallest absolute Gasteiger partial charge is 0.407 e. The number of alkyl carbamates (subject to hydrolysis) is 1. The van der Waals surface area contributed by atoms with Crippen LogP contribution in [-0.4, -0.2) is 35.7 Å². The molecule has 0 aliphatic heterocycles. The Kier molecular flexibility index (Phi) is 7.12.